The van der Waals surface area contributed by atoms with Crippen molar-refractivity contribution in [3.8, 4) is 0 Å². The molecule has 6 nitrogen and oxygen atoms in total. The van der Waals surface area contributed by atoms with Crippen LogP contribution in [0.4, 0.5) is 0 Å². The third-order valence-corrected chi connectivity index (χ3v) is 2.86. The summed E-state index contributed by atoms with van der Waals surface area (Å²) >= 11 is 0. The van der Waals surface area contributed by atoms with E-state index in [9.17, 15) is 9.59 Å². The van der Waals surface area contributed by atoms with E-state index in [0.29, 0.717) is 31.7 Å². The zero-order valence-corrected chi connectivity index (χ0v) is 12.6. The van der Waals surface area contributed by atoms with E-state index in [1.165, 1.54) is 0 Å². The van der Waals surface area contributed by atoms with Crippen LogP contribution in [0.5, 0.6) is 0 Å². The maximum atomic E-state index is 11.5. The first kappa shape index (κ1) is 17.1. The Bertz CT molecular complexity index is 458. The van der Waals surface area contributed by atoms with Gasteiger partial charge in [-0.1, -0.05) is 12.1 Å². The molecule has 0 heterocycles. The van der Waals surface area contributed by atoms with E-state index in [2.05, 4.69) is 5.32 Å². The number of carbonyl (C=O) groups is 2. The first-order valence-corrected chi connectivity index (χ1v) is 6.87. The number of nitrogens with two attached hydrogens (primary N) is 1. The highest BCUT2D eigenvalue weighted by Crippen LogP contribution is 2.05. The molecular formula is C15H23N3O3. The number of likely N-dealkylation sites (N-methyl/N-ethyl adjacent to an activating group) is 1. The van der Waals surface area contributed by atoms with E-state index in [1.54, 1.807) is 24.3 Å². The van der Waals surface area contributed by atoms with E-state index in [4.69, 9.17) is 10.5 Å². The molecule has 0 spiro atoms. The lowest BCUT2D eigenvalue weighted by molar-refractivity contribution is -0.122. The molecule has 6 heteroatoms. The molecular weight excluding hydrogens is 270 g/mol. The topological polar surface area (TPSA) is 84.7 Å². The highest BCUT2D eigenvalue weighted by molar-refractivity contribution is 5.92. The van der Waals surface area contributed by atoms with Gasteiger partial charge in [0.2, 0.25) is 11.8 Å². The Morgan fingerprint density at radius 1 is 1.24 bits per heavy atom. The molecule has 0 unspecified atom stereocenters. The van der Waals surface area contributed by atoms with Crippen LogP contribution in [0.15, 0.2) is 24.3 Å². The molecule has 0 aliphatic heterocycles. The van der Waals surface area contributed by atoms with Crippen LogP contribution in [0, 0.1) is 0 Å². The lowest BCUT2D eigenvalue weighted by Gasteiger charge is -2.10. The van der Waals surface area contributed by atoms with Gasteiger partial charge < -0.3 is 20.7 Å². The normalized spacial score (nSPS) is 10.6. The van der Waals surface area contributed by atoms with Crippen LogP contribution in [0.25, 0.3) is 0 Å². The molecule has 2 amide bonds. The number of hydrogen-bond acceptors (Lipinski definition) is 4. The van der Waals surface area contributed by atoms with Crippen molar-refractivity contribution in [3.63, 3.8) is 0 Å². The summed E-state index contributed by atoms with van der Waals surface area (Å²) in [4.78, 5) is 24.4. The standard InChI is InChI=1S/C15H23N3O3/c1-18(2)9-8-17-14(19)7-10-21-11-12-3-5-13(6-4-12)15(16)20/h3-6H,7-11H2,1-2H3,(H2,16,20)(H,17,19). The van der Waals surface area contributed by atoms with Crippen molar-refractivity contribution in [1.29, 1.82) is 0 Å². The first-order valence-electron chi connectivity index (χ1n) is 6.87. The second kappa shape index (κ2) is 9.10. The van der Waals surface area contributed by atoms with Crippen molar-refractivity contribution in [3.05, 3.63) is 35.4 Å². The minimum Gasteiger partial charge on any atom is -0.376 e. The second-order valence-electron chi connectivity index (χ2n) is 5.02. The third kappa shape index (κ3) is 7.43. The first-order chi connectivity index (χ1) is 9.99. The van der Waals surface area contributed by atoms with Crippen molar-refractivity contribution in [2.24, 2.45) is 5.73 Å². The van der Waals surface area contributed by atoms with Gasteiger partial charge in [0.15, 0.2) is 0 Å². The molecule has 0 aromatic heterocycles. The predicted molar refractivity (Wildman–Crippen MR) is 80.8 cm³/mol. The van der Waals surface area contributed by atoms with Crippen LogP contribution >= 0.6 is 0 Å². The largest absolute Gasteiger partial charge is 0.376 e. The van der Waals surface area contributed by atoms with Crippen LogP contribution < -0.4 is 11.1 Å². The Balaban J connectivity index is 2.16. The van der Waals surface area contributed by atoms with Gasteiger partial charge in [-0.2, -0.15) is 0 Å². The van der Waals surface area contributed by atoms with Crippen LogP contribution in [-0.4, -0.2) is 50.5 Å². The van der Waals surface area contributed by atoms with Crippen molar-refractivity contribution in [1.82, 2.24) is 10.2 Å². The summed E-state index contributed by atoms with van der Waals surface area (Å²) in [6.45, 7) is 2.23. The van der Waals surface area contributed by atoms with E-state index in [1.807, 2.05) is 19.0 Å². The summed E-state index contributed by atoms with van der Waals surface area (Å²) < 4.78 is 5.43. The Hall–Kier alpha value is -1.92. The van der Waals surface area contributed by atoms with Gasteiger partial charge >= 0.3 is 0 Å². The molecule has 1 aromatic carbocycles. The maximum Gasteiger partial charge on any atom is 0.248 e. The van der Waals surface area contributed by atoms with Gasteiger partial charge in [0.1, 0.15) is 0 Å². The number of hydrogen-bond donors (Lipinski definition) is 2. The van der Waals surface area contributed by atoms with Gasteiger partial charge in [-0.3, -0.25) is 9.59 Å². The molecule has 0 saturated heterocycles. The predicted octanol–water partition coefficient (Wildman–Crippen LogP) is 0.370. The highest BCUT2D eigenvalue weighted by atomic mass is 16.5. The molecule has 1 aromatic rings. The lowest BCUT2D eigenvalue weighted by Crippen LogP contribution is -2.31. The number of ether oxygens (including phenoxy) is 1. The minimum absolute atomic E-state index is 0.0130. The highest BCUT2D eigenvalue weighted by Gasteiger charge is 2.02. The fraction of sp³-hybridized carbons (Fsp3) is 0.467. The Kier molecular flexibility index (Phi) is 7.42. The summed E-state index contributed by atoms with van der Waals surface area (Å²) in [6, 6.07) is 6.90. The number of benzene rings is 1. The second-order valence-corrected chi connectivity index (χ2v) is 5.02. The number of amides is 2. The van der Waals surface area contributed by atoms with Gasteiger partial charge in [0, 0.05) is 25.1 Å². The smallest absolute Gasteiger partial charge is 0.248 e. The molecule has 0 bridgehead atoms. The summed E-state index contributed by atoms with van der Waals surface area (Å²) in [5.41, 5.74) is 6.57. The SMILES string of the molecule is CN(C)CCNC(=O)CCOCc1ccc(C(N)=O)cc1. The third-order valence-electron chi connectivity index (χ3n) is 2.86. The van der Waals surface area contributed by atoms with Crippen molar-refractivity contribution >= 4 is 11.8 Å². The lowest BCUT2D eigenvalue weighted by atomic mass is 10.1. The van der Waals surface area contributed by atoms with Gasteiger partial charge in [-0.05, 0) is 31.8 Å². The molecule has 3 N–H and O–H groups in total. The monoisotopic (exact) mass is 293 g/mol. The van der Waals surface area contributed by atoms with Gasteiger partial charge in [-0.25, -0.2) is 0 Å². The molecule has 0 fully saturated rings. The summed E-state index contributed by atoms with van der Waals surface area (Å²) in [5, 5.41) is 2.82. The van der Waals surface area contributed by atoms with Gasteiger partial charge in [-0.15, -0.1) is 0 Å². The fourth-order valence-electron chi connectivity index (χ4n) is 1.63. The number of primary amides is 1. The molecule has 0 radical (unpaired) electrons. The minimum atomic E-state index is -0.447. The van der Waals surface area contributed by atoms with E-state index >= 15 is 0 Å². The van der Waals surface area contributed by atoms with Crippen LogP contribution in [0.2, 0.25) is 0 Å². The number of nitrogens with zero attached hydrogens (tertiary/aromatic N) is 1. The molecule has 0 aliphatic rings. The summed E-state index contributed by atoms with van der Waals surface area (Å²) in [7, 11) is 3.91. The average molecular weight is 293 g/mol. The van der Waals surface area contributed by atoms with E-state index < -0.39 is 5.91 Å². The van der Waals surface area contributed by atoms with Crippen molar-refractivity contribution in [2.75, 3.05) is 33.8 Å². The van der Waals surface area contributed by atoms with Crippen molar-refractivity contribution in [2.45, 2.75) is 13.0 Å². The van der Waals surface area contributed by atoms with Gasteiger partial charge in [0.25, 0.3) is 0 Å². The van der Waals surface area contributed by atoms with E-state index in [0.717, 1.165) is 12.1 Å². The number of carbonyl (C=O) groups excluding carboxylic acids is 2. The van der Waals surface area contributed by atoms with E-state index in [-0.39, 0.29) is 5.91 Å². The zero-order chi connectivity index (χ0) is 15.7. The molecule has 0 aliphatic carbocycles. The van der Waals surface area contributed by atoms with Crippen LogP contribution in [0.1, 0.15) is 22.3 Å². The Morgan fingerprint density at radius 2 is 1.90 bits per heavy atom. The molecule has 0 saturated carbocycles. The number of rotatable bonds is 9. The summed E-state index contributed by atoms with van der Waals surface area (Å²) in [6.07, 6.45) is 0.340. The summed E-state index contributed by atoms with van der Waals surface area (Å²) in [5.74, 6) is -0.460. The molecule has 0 atom stereocenters. The maximum absolute atomic E-state index is 11.5. The van der Waals surface area contributed by atoms with Crippen LogP contribution in [0.3, 0.4) is 0 Å². The molecule has 1 rings (SSSR count). The molecule has 116 valence electrons. The van der Waals surface area contributed by atoms with Crippen molar-refractivity contribution < 1.29 is 14.3 Å². The molecule has 21 heavy (non-hydrogen) atoms. The number of nitrogens with one attached hydrogen (secondary N) is 1. The Labute approximate surface area is 125 Å². The Morgan fingerprint density at radius 3 is 2.48 bits per heavy atom. The quantitative estimate of drug-likeness (QED) is 0.644. The van der Waals surface area contributed by atoms with Crippen LogP contribution in [-0.2, 0) is 16.1 Å². The zero-order valence-electron chi connectivity index (χ0n) is 12.6. The fourth-order valence-corrected chi connectivity index (χ4v) is 1.63. The van der Waals surface area contributed by atoms with Gasteiger partial charge in [0.05, 0.1) is 13.2 Å². The average Bonchev–Trinajstić information content (AvgIpc) is 2.43.